The van der Waals surface area contributed by atoms with Crippen LogP contribution in [0.15, 0.2) is 12.2 Å². The summed E-state index contributed by atoms with van der Waals surface area (Å²) in [5, 5.41) is 0. The van der Waals surface area contributed by atoms with Crippen molar-refractivity contribution in [3.8, 4) is 0 Å². The zero-order valence-electron chi connectivity index (χ0n) is 11.8. The maximum atomic E-state index is 12.1. The van der Waals surface area contributed by atoms with Crippen LogP contribution in [-0.2, 0) is 9.53 Å². The molecule has 0 amide bonds. The minimum atomic E-state index is 0.0191. The molecule has 0 aromatic heterocycles. The van der Waals surface area contributed by atoms with Crippen LogP contribution >= 0.6 is 0 Å². The third-order valence-corrected chi connectivity index (χ3v) is 6.47. The molecule has 0 aromatic rings. The number of carbonyl (C=O) groups is 1. The predicted molar refractivity (Wildman–Crippen MR) is 70.9 cm³/mol. The third kappa shape index (κ3) is 1.27. The molecule has 2 nitrogen and oxygen atoms in total. The van der Waals surface area contributed by atoms with Crippen molar-refractivity contribution < 1.29 is 9.53 Å². The Morgan fingerprint density at radius 2 is 2.06 bits per heavy atom. The van der Waals surface area contributed by atoms with Gasteiger partial charge in [0.2, 0.25) is 0 Å². The molecule has 3 fully saturated rings. The van der Waals surface area contributed by atoms with Gasteiger partial charge < -0.3 is 4.74 Å². The number of carbonyl (C=O) groups excluding carboxylic acids is 1. The monoisotopic (exact) mass is 248 g/mol. The average molecular weight is 248 g/mol. The lowest BCUT2D eigenvalue weighted by molar-refractivity contribution is -0.150. The first-order valence-electron chi connectivity index (χ1n) is 7.20. The highest BCUT2D eigenvalue weighted by Crippen LogP contribution is 2.70. The molecule has 3 saturated carbocycles. The lowest BCUT2D eigenvalue weighted by atomic mass is 9.56. The van der Waals surface area contributed by atoms with Crippen LogP contribution in [0.5, 0.6) is 0 Å². The lowest BCUT2D eigenvalue weighted by Crippen LogP contribution is -2.43. The first-order valence-corrected chi connectivity index (χ1v) is 7.20. The first-order chi connectivity index (χ1) is 8.43. The summed E-state index contributed by atoms with van der Waals surface area (Å²) in [5.74, 6) is 1.41. The normalized spacial score (nSPS) is 44.8. The summed E-state index contributed by atoms with van der Waals surface area (Å²) < 4.78 is 5.05. The Labute approximate surface area is 110 Å². The standard InChI is InChI=1S/C16H24O2/c1-10-12-5-6-13(14(17)18-4)16(12)8-7-11(9-16)15(10,2)3/h11-13H,1,5-9H2,2-4H3/t11-,12+,13+,16-/m1/s1. The van der Waals surface area contributed by atoms with E-state index in [1.807, 2.05) is 0 Å². The largest absolute Gasteiger partial charge is 0.469 e. The molecule has 100 valence electrons. The number of hydrogen-bond acceptors (Lipinski definition) is 2. The van der Waals surface area contributed by atoms with Gasteiger partial charge in [0.05, 0.1) is 13.0 Å². The van der Waals surface area contributed by atoms with Gasteiger partial charge in [-0.2, -0.15) is 0 Å². The molecule has 4 atom stereocenters. The molecular weight excluding hydrogens is 224 g/mol. The molecule has 0 saturated heterocycles. The number of rotatable bonds is 1. The first kappa shape index (κ1) is 12.3. The van der Waals surface area contributed by atoms with Crippen LogP contribution in [0.4, 0.5) is 0 Å². The third-order valence-electron chi connectivity index (χ3n) is 6.47. The second-order valence-electron chi connectivity index (χ2n) is 7.13. The van der Waals surface area contributed by atoms with E-state index >= 15 is 0 Å². The summed E-state index contributed by atoms with van der Waals surface area (Å²) >= 11 is 0. The molecule has 0 aliphatic heterocycles. The van der Waals surface area contributed by atoms with Gasteiger partial charge >= 0.3 is 5.97 Å². The molecule has 18 heavy (non-hydrogen) atoms. The maximum Gasteiger partial charge on any atom is 0.309 e. The number of allylic oxidation sites excluding steroid dienone is 1. The molecule has 3 aliphatic rings. The van der Waals surface area contributed by atoms with E-state index in [4.69, 9.17) is 4.74 Å². The van der Waals surface area contributed by atoms with E-state index in [0.717, 1.165) is 12.8 Å². The Balaban J connectivity index is 2.00. The summed E-state index contributed by atoms with van der Waals surface area (Å²) in [7, 11) is 1.53. The number of fused-ring (bicyclic) bond motifs is 1. The maximum absolute atomic E-state index is 12.1. The topological polar surface area (TPSA) is 26.3 Å². The summed E-state index contributed by atoms with van der Waals surface area (Å²) in [6, 6.07) is 0. The smallest absolute Gasteiger partial charge is 0.309 e. The average Bonchev–Trinajstić information content (AvgIpc) is 2.92. The van der Waals surface area contributed by atoms with Gasteiger partial charge in [-0.25, -0.2) is 0 Å². The van der Waals surface area contributed by atoms with Gasteiger partial charge in [-0.15, -0.1) is 0 Å². The van der Waals surface area contributed by atoms with Crippen LogP contribution in [0.25, 0.3) is 0 Å². The van der Waals surface area contributed by atoms with Gasteiger partial charge in [-0.1, -0.05) is 26.0 Å². The fraction of sp³-hybridized carbons (Fsp3) is 0.812. The summed E-state index contributed by atoms with van der Waals surface area (Å²) in [6.07, 6.45) is 5.80. The predicted octanol–water partition coefficient (Wildman–Crippen LogP) is 3.57. The zero-order chi connectivity index (χ0) is 13.1. The molecule has 0 radical (unpaired) electrons. The van der Waals surface area contributed by atoms with Crippen LogP contribution in [-0.4, -0.2) is 13.1 Å². The zero-order valence-corrected chi connectivity index (χ0v) is 11.8. The van der Waals surface area contributed by atoms with E-state index in [9.17, 15) is 4.79 Å². The molecule has 3 rings (SSSR count). The van der Waals surface area contributed by atoms with Crippen LogP contribution in [0.2, 0.25) is 0 Å². The van der Waals surface area contributed by atoms with Crippen LogP contribution in [0.3, 0.4) is 0 Å². The highest BCUT2D eigenvalue weighted by Gasteiger charge is 2.63. The van der Waals surface area contributed by atoms with Gasteiger partial charge in [-0.05, 0) is 54.8 Å². The molecule has 0 unspecified atom stereocenters. The SMILES string of the molecule is C=C1[C@@H]2CC[C@@H](C(=O)OC)[C@@]23CC[C@H](C3)C1(C)C. The molecule has 0 aromatic carbocycles. The van der Waals surface area contributed by atoms with E-state index in [1.165, 1.54) is 31.9 Å². The lowest BCUT2D eigenvalue weighted by Gasteiger charge is -2.48. The number of ether oxygens (including phenoxy) is 1. The number of methoxy groups -OCH3 is 1. The van der Waals surface area contributed by atoms with Crippen molar-refractivity contribution in [2.24, 2.45) is 28.6 Å². The van der Waals surface area contributed by atoms with Gasteiger partial charge in [-0.3, -0.25) is 4.79 Å². The molecule has 0 heterocycles. The van der Waals surface area contributed by atoms with Crippen molar-refractivity contribution in [1.82, 2.24) is 0 Å². The van der Waals surface area contributed by atoms with Gasteiger partial charge in [0, 0.05) is 0 Å². The molecular formula is C16H24O2. The van der Waals surface area contributed by atoms with Crippen molar-refractivity contribution in [1.29, 1.82) is 0 Å². The number of esters is 1. The van der Waals surface area contributed by atoms with Crippen LogP contribution < -0.4 is 0 Å². The highest BCUT2D eigenvalue weighted by atomic mass is 16.5. The summed E-state index contributed by atoms with van der Waals surface area (Å²) in [4.78, 5) is 12.1. The van der Waals surface area contributed by atoms with E-state index in [2.05, 4.69) is 20.4 Å². The molecule has 3 aliphatic carbocycles. The van der Waals surface area contributed by atoms with Crippen molar-refractivity contribution in [2.75, 3.05) is 7.11 Å². The van der Waals surface area contributed by atoms with Crippen molar-refractivity contribution >= 4 is 5.97 Å². The van der Waals surface area contributed by atoms with E-state index in [-0.39, 0.29) is 22.7 Å². The minimum absolute atomic E-state index is 0.0191. The van der Waals surface area contributed by atoms with Gasteiger partial charge in [0.1, 0.15) is 0 Å². The van der Waals surface area contributed by atoms with Gasteiger partial charge in [0.25, 0.3) is 0 Å². The molecule has 0 N–H and O–H groups in total. The fourth-order valence-electron chi connectivity index (χ4n) is 5.23. The molecule has 2 heteroatoms. The Morgan fingerprint density at radius 3 is 2.72 bits per heavy atom. The van der Waals surface area contributed by atoms with Gasteiger partial charge in [0.15, 0.2) is 0 Å². The summed E-state index contributed by atoms with van der Waals surface area (Å²) in [5.41, 5.74) is 1.86. The second-order valence-corrected chi connectivity index (χ2v) is 7.13. The molecule has 1 spiro atoms. The Hall–Kier alpha value is -0.790. The second kappa shape index (κ2) is 3.61. The quantitative estimate of drug-likeness (QED) is 0.524. The van der Waals surface area contributed by atoms with Crippen LogP contribution in [0.1, 0.15) is 46.0 Å². The molecule has 2 bridgehead atoms. The highest BCUT2D eigenvalue weighted by molar-refractivity contribution is 5.74. The summed E-state index contributed by atoms with van der Waals surface area (Å²) in [6.45, 7) is 9.11. The minimum Gasteiger partial charge on any atom is -0.469 e. The van der Waals surface area contributed by atoms with E-state index in [1.54, 1.807) is 0 Å². The van der Waals surface area contributed by atoms with E-state index in [0.29, 0.717) is 11.8 Å². The number of hydrogen-bond donors (Lipinski definition) is 0. The van der Waals surface area contributed by atoms with Crippen molar-refractivity contribution in [2.45, 2.75) is 46.0 Å². The Bertz CT molecular complexity index is 409. The fourth-order valence-corrected chi connectivity index (χ4v) is 5.23. The van der Waals surface area contributed by atoms with E-state index < -0.39 is 0 Å². The van der Waals surface area contributed by atoms with Crippen LogP contribution in [0, 0.1) is 28.6 Å². The van der Waals surface area contributed by atoms with Crippen molar-refractivity contribution in [3.05, 3.63) is 12.2 Å². The van der Waals surface area contributed by atoms with Crippen molar-refractivity contribution in [3.63, 3.8) is 0 Å². The Morgan fingerprint density at radius 1 is 1.33 bits per heavy atom. The Kier molecular flexibility index (Phi) is 2.46.